The zero-order chi connectivity index (χ0) is 19.5. The number of phenolic OH excluding ortho intramolecular Hbond substituents is 1. The Balaban J connectivity index is 1.52. The number of imidazole rings is 1. The largest absolute Gasteiger partial charge is 0.508 e. The van der Waals surface area contributed by atoms with E-state index in [1.807, 2.05) is 12.1 Å². The third kappa shape index (κ3) is 3.57. The number of carbonyl (C=O) groups excluding carboxylic acids is 2. The van der Waals surface area contributed by atoms with Crippen molar-refractivity contribution in [3.8, 4) is 5.75 Å². The molecule has 2 aromatic heterocycles. The SMILES string of the molecule is O=C(NCc1cccnc1)[C@@H]1CN(C(=O)c2cccc(O)c2)Cc2cncn21. The van der Waals surface area contributed by atoms with Crippen LogP contribution >= 0.6 is 0 Å². The van der Waals surface area contributed by atoms with Gasteiger partial charge in [0.15, 0.2) is 0 Å². The number of carbonyl (C=O) groups is 2. The van der Waals surface area contributed by atoms with Crippen LogP contribution in [0.4, 0.5) is 0 Å². The quantitative estimate of drug-likeness (QED) is 0.718. The van der Waals surface area contributed by atoms with E-state index in [4.69, 9.17) is 0 Å². The Bertz CT molecular complexity index is 1000. The van der Waals surface area contributed by atoms with Gasteiger partial charge >= 0.3 is 0 Å². The van der Waals surface area contributed by atoms with Crippen LogP contribution in [0.2, 0.25) is 0 Å². The molecule has 3 aromatic rings. The van der Waals surface area contributed by atoms with Gasteiger partial charge in [0.1, 0.15) is 11.8 Å². The van der Waals surface area contributed by atoms with E-state index in [1.165, 1.54) is 12.1 Å². The first-order valence-electron chi connectivity index (χ1n) is 8.87. The predicted molar refractivity (Wildman–Crippen MR) is 100 cm³/mol. The molecular formula is C20H19N5O3. The van der Waals surface area contributed by atoms with E-state index in [1.54, 1.807) is 46.5 Å². The van der Waals surface area contributed by atoms with Crippen LogP contribution in [0, 0.1) is 0 Å². The Morgan fingerprint density at radius 3 is 2.86 bits per heavy atom. The van der Waals surface area contributed by atoms with Crippen molar-refractivity contribution in [1.82, 2.24) is 24.8 Å². The molecular weight excluding hydrogens is 358 g/mol. The maximum Gasteiger partial charge on any atom is 0.254 e. The standard InChI is InChI=1S/C20H19N5O3/c26-17-5-1-4-15(7-17)20(28)24-11-16-10-22-13-25(16)18(12-24)19(27)23-9-14-3-2-6-21-8-14/h1-8,10,13,18,26H,9,11-12H2,(H,23,27)/t18-/m0/s1. The lowest BCUT2D eigenvalue weighted by molar-refractivity contribution is -0.125. The lowest BCUT2D eigenvalue weighted by Crippen LogP contribution is -2.46. The molecule has 1 atom stereocenters. The van der Waals surface area contributed by atoms with E-state index >= 15 is 0 Å². The van der Waals surface area contributed by atoms with E-state index in [2.05, 4.69) is 15.3 Å². The Labute approximate surface area is 161 Å². The van der Waals surface area contributed by atoms with E-state index in [9.17, 15) is 14.7 Å². The average Bonchev–Trinajstić information content (AvgIpc) is 3.20. The van der Waals surface area contributed by atoms with E-state index < -0.39 is 6.04 Å². The topological polar surface area (TPSA) is 100 Å². The molecule has 28 heavy (non-hydrogen) atoms. The monoisotopic (exact) mass is 377 g/mol. The highest BCUT2D eigenvalue weighted by Gasteiger charge is 2.32. The van der Waals surface area contributed by atoms with Crippen LogP contribution < -0.4 is 5.32 Å². The Morgan fingerprint density at radius 2 is 2.07 bits per heavy atom. The van der Waals surface area contributed by atoms with Gasteiger partial charge in [0.05, 0.1) is 25.1 Å². The number of aromatic hydroxyl groups is 1. The van der Waals surface area contributed by atoms with Crippen molar-refractivity contribution in [2.24, 2.45) is 0 Å². The summed E-state index contributed by atoms with van der Waals surface area (Å²) in [4.78, 5) is 35.5. The maximum absolute atomic E-state index is 12.9. The Kier molecular flexibility index (Phi) is 4.76. The molecule has 142 valence electrons. The van der Waals surface area contributed by atoms with Crippen LogP contribution in [0.5, 0.6) is 5.75 Å². The number of benzene rings is 1. The first kappa shape index (κ1) is 17.7. The molecule has 0 aliphatic carbocycles. The summed E-state index contributed by atoms with van der Waals surface area (Å²) in [5.41, 5.74) is 2.05. The normalized spacial score (nSPS) is 15.7. The first-order chi connectivity index (χ1) is 13.6. The van der Waals surface area contributed by atoms with Crippen LogP contribution in [0.3, 0.4) is 0 Å². The summed E-state index contributed by atoms with van der Waals surface area (Å²) in [6.07, 6.45) is 6.64. The minimum absolute atomic E-state index is 0.0265. The number of amides is 2. The molecule has 2 N–H and O–H groups in total. The van der Waals surface area contributed by atoms with Crippen LogP contribution in [-0.4, -0.2) is 42.9 Å². The van der Waals surface area contributed by atoms with Crippen molar-refractivity contribution in [2.75, 3.05) is 6.54 Å². The number of fused-ring (bicyclic) bond motifs is 1. The molecule has 8 nitrogen and oxygen atoms in total. The molecule has 0 bridgehead atoms. The van der Waals surface area contributed by atoms with Gasteiger partial charge in [-0.1, -0.05) is 12.1 Å². The number of nitrogens with zero attached hydrogens (tertiary/aromatic N) is 4. The molecule has 0 radical (unpaired) electrons. The molecule has 0 saturated carbocycles. The zero-order valence-corrected chi connectivity index (χ0v) is 15.0. The number of nitrogens with one attached hydrogen (secondary N) is 1. The number of phenols is 1. The highest BCUT2D eigenvalue weighted by molar-refractivity contribution is 5.95. The maximum atomic E-state index is 12.9. The van der Waals surface area contributed by atoms with Crippen molar-refractivity contribution in [3.63, 3.8) is 0 Å². The minimum Gasteiger partial charge on any atom is -0.508 e. The summed E-state index contributed by atoms with van der Waals surface area (Å²) in [5.74, 6) is -0.413. The van der Waals surface area contributed by atoms with Crippen LogP contribution in [0.25, 0.3) is 0 Å². The summed E-state index contributed by atoms with van der Waals surface area (Å²) < 4.78 is 1.80. The van der Waals surface area contributed by atoms with Crippen LogP contribution in [0.15, 0.2) is 61.3 Å². The molecule has 3 heterocycles. The lowest BCUT2D eigenvalue weighted by Gasteiger charge is -2.33. The second-order valence-corrected chi connectivity index (χ2v) is 6.62. The number of pyridine rings is 1. The molecule has 4 rings (SSSR count). The smallest absolute Gasteiger partial charge is 0.254 e. The number of hydrogen-bond acceptors (Lipinski definition) is 5. The molecule has 0 spiro atoms. The third-order valence-corrected chi connectivity index (χ3v) is 4.70. The summed E-state index contributed by atoms with van der Waals surface area (Å²) in [6.45, 7) is 0.922. The fraction of sp³-hybridized carbons (Fsp3) is 0.200. The number of aromatic nitrogens is 3. The zero-order valence-electron chi connectivity index (χ0n) is 15.0. The molecule has 0 fully saturated rings. The predicted octanol–water partition coefficient (Wildman–Crippen LogP) is 1.50. The fourth-order valence-electron chi connectivity index (χ4n) is 3.29. The van der Waals surface area contributed by atoms with Gasteiger partial charge in [0.2, 0.25) is 5.91 Å². The molecule has 0 unspecified atom stereocenters. The van der Waals surface area contributed by atoms with Gasteiger partial charge in [-0.15, -0.1) is 0 Å². The summed E-state index contributed by atoms with van der Waals surface area (Å²) in [7, 11) is 0. The van der Waals surface area contributed by atoms with Gasteiger partial charge in [0, 0.05) is 30.7 Å². The molecule has 1 aliphatic rings. The third-order valence-electron chi connectivity index (χ3n) is 4.70. The lowest BCUT2D eigenvalue weighted by atomic mass is 10.1. The van der Waals surface area contributed by atoms with Crippen molar-refractivity contribution >= 4 is 11.8 Å². The van der Waals surface area contributed by atoms with Gasteiger partial charge in [-0.25, -0.2) is 4.98 Å². The number of rotatable bonds is 4. The fourth-order valence-corrected chi connectivity index (χ4v) is 3.29. The van der Waals surface area contributed by atoms with Gasteiger partial charge in [-0.3, -0.25) is 14.6 Å². The second-order valence-electron chi connectivity index (χ2n) is 6.62. The van der Waals surface area contributed by atoms with E-state index in [-0.39, 0.29) is 24.1 Å². The van der Waals surface area contributed by atoms with E-state index in [0.717, 1.165) is 11.3 Å². The minimum atomic E-state index is -0.579. The van der Waals surface area contributed by atoms with Crippen molar-refractivity contribution in [1.29, 1.82) is 0 Å². The molecule has 1 aromatic carbocycles. The molecule has 1 aliphatic heterocycles. The van der Waals surface area contributed by atoms with E-state index in [0.29, 0.717) is 18.7 Å². The number of hydrogen-bond donors (Lipinski definition) is 2. The summed E-state index contributed by atoms with van der Waals surface area (Å²) in [6, 6.07) is 9.31. The van der Waals surface area contributed by atoms with Crippen LogP contribution in [0.1, 0.15) is 27.7 Å². The first-order valence-corrected chi connectivity index (χ1v) is 8.87. The summed E-state index contributed by atoms with van der Waals surface area (Å²) in [5, 5.41) is 12.6. The van der Waals surface area contributed by atoms with Gasteiger partial charge in [-0.05, 0) is 29.8 Å². The van der Waals surface area contributed by atoms with Crippen LogP contribution in [-0.2, 0) is 17.9 Å². The second kappa shape index (κ2) is 7.51. The molecule has 8 heteroatoms. The summed E-state index contributed by atoms with van der Waals surface area (Å²) >= 11 is 0. The highest BCUT2D eigenvalue weighted by Crippen LogP contribution is 2.24. The Morgan fingerprint density at radius 1 is 1.18 bits per heavy atom. The van der Waals surface area contributed by atoms with Gasteiger partial charge < -0.3 is 19.9 Å². The van der Waals surface area contributed by atoms with Gasteiger partial charge in [-0.2, -0.15) is 0 Å². The molecule has 2 amide bonds. The van der Waals surface area contributed by atoms with Gasteiger partial charge in [0.25, 0.3) is 5.91 Å². The Hall–Kier alpha value is -3.68. The van der Waals surface area contributed by atoms with Crippen molar-refractivity contribution in [3.05, 3.63) is 78.1 Å². The van der Waals surface area contributed by atoms with Crippen molar-refractivity contribution < 1.29 is 14.7 Å². The average molecular weight is 377 g/mol. The highest BCUT2D eigenvalue weighted by atomic mass is 16.3. The molecule has 0 saturated heterocycles. The van der Waals surface area contributed by atoms with Crippen molar-refractivity contribution in [2.45, 2.75) is 19.1 Å².